The molecule has 162 valence electrons. The fraction of sp³-hybridized carbons (Fsp3) is 0.190. The van der Waals surface area contributed by atoms with Crippen molar-refractivity contribution in [3.05, 3.63) is 58.7 Å². The SMILES string of the molecule is Cc1ccc(C(=O)Nc2cc(NC3CC3)n3ncc(/C=C4\NC(=O)NC4=O)c3n2)cc1F. The molecule has 1 saturated heterocycles. The highest BCUT2D eigenvalue weighted by atomic mass is 19.1. The highest BCUT2D eigenvalue weighted by Crippen LogP contribution is 2.27. The van der Waals surface area contributed by atoms with Crippen LogP contribution >= 0.6 is 0 Å². The quantitative estimate of drug-likeness (QED) is 0.359. The molecule has 5 rings (SSSR count). The molecule has 1 saturated carbocycles. The van der Waals surface area contributed by atoms with Crippen LogP contribution in [0.25, 0.3) is 11.7 Å². The number of aryl methyl sites for hydroxylation is 1. The first-order valence-corrected chi connectivity index (χ1v) is 9.94. The van der Waals surface area contributed by atoms with E-state index in [2.05, 4.69) is 31.3 Å². The van der Waals surface area contributed by atoms with Crippen LogP contribution in [0, 0.1) is 12.7 Å². The summed E-state index contributed by atoms with van der Waals surface area (Å²) < 4.78 is 15.4. The highest BCUT2D eigenvalue weighted by Gasteiger charge is 2.25. The molecule has 4 N–H and O–H groups in total. The summed E-state index contributed by atoms with van der Waals surface area (Å²) >= 11 is 0. The standard InChI is InChI=1S/C21H18FN7O3/c1-10-2-3-11(6-14(10)22)19(30)27-16-8-17(24-13-4-5-13)29-18(26-16)12(9-23-29)7-15-20(31)28-21(32)25-15/h2-3,6-9,13,24H,4-5H2,1H3,(H,26,27,30)(H2,25,28,31,32)/b15-7-. The second kappa shape index (κ2) is 7.45. The molecule has 11 heteroatoms. The van der Waals surface area contributed by atoms with Crippen LogP contribution in [0.2, 0.25) is 0 Å². The van der Waals surface area contributed by atoms with Crippen LogP contribution in [-0.2, 0) is 4.79 Å². The zero-order chi connectivity index (χ0) is 22.4. The van der Waals surface area contributed by atoms with Gasteiger partial charge in [-0.1, -0.05) is 6.07 Å². The van der Waals surface area contributed by atoms with E-state index in [1.807, 2.05) is 0 Å². The van der Waals surface area contributed by atoms with E-state index in [0.29, 0.717) is 28.6 Å². The Morgan fingerprint density at radius 3 is 2.75 bits per heavy atom. The molecular weight excluding hydrogens is 417 g/mol. The van der Waals surface area contributed by atoms with Gasteiger partial charge in [0.2, 0.25) is 0 Å². The zero-order valence-corrected chi connectivity index (χ0v) is 16.9. The van der Waals surface area contributed by atoms with E-state index in [4.69, 9.17) is 0 Å². The van der Waals surface area contributed by atoms with Gasteiger partial charge in [0.25, 0.3) is 11.8 Å². The number of hydrogen-bond donors (Lipinski definition) is 4. The molecule has 32 heavy (non-hydrogen) atoms. The number of urea groups is 1. The topological polar surface area (TPSA) is 130 Å². The van der Waals surface area contributed by atoms with Crippen LogP contribution in [-0.4, -0.2) is 38.5 Å². The zero-order valence-electron chi connectivity index (χ0n) is 16.9. The molecule has 3 aromatic rings. The fourth-order valence-electron chi connectivity index (χ4n) is 3.25. The van der Waals surface area contributed by atoms with Gasteiger partial charge in [0, 0.05) is 23.2 Å². The summed E-state index contributed by atoms with van der Waals surface area (Å²) in [6.45, 7) is 1.62. The van der Waals surface area contributed by atoms with Crippen LogP contribution in [0.4, 0.5) is 20.8 Å². The number of amides is 4. The Balaban J connectivity index is 1.52. The Morgan fingerprint density at radius 1 is 1.25 bits per heavy atom. The van der Waals surface area contributed by atoms with Gasteiger partial charge in [-0.3, -0.25) is 14.9 Å². The van der Waals surface area contributed by atoms with Crippen molar-refractivity contribution >= 4 is 41.2 Å². The lowest BCUT2D eigenvalue weighted by Gasteiger charge is -2.11. The molecule has 0 spiro atoms. The Kier molecular flexibility index (Phi) is 4.58. The number of aromatic nitrogens is 3. The summed E-state index contributed by atoms with van der Waals surface area (Å²) in [4.78, 5) is 40.4. The van der Waals surface area contributed by atoms with Gasteiger partial charge < -0.3 is 16.0 Å². The molecule has 0 unspecified atom stereocenters. The molecule has 2 aliphatic rings. The van der Waals surface area contributed by atoms with Crippen LogP contribution < -0.4 is 21.3 Å². The van der Waals surface area contributed by atoms with E-state index < -0.39 is 23.7 Å². The van der Waals surface area contributed by atoms with Crippen LogP contribution in [0.3, 0.4) is 0 Å². The number of rotatable bonds is 5. The van der Waals surface area contributed by atoms with Crippen LogP contribution in [0.15, 0.2) is 36.2 Å². The molecule has 0 bridgehead atoms. The van der Waals surface area contributed by atoms with E-state index in [9.17, 15) is 18.8 Å². The van der Waals surface area contributed by atoms with Crippen molar-refractivity contribution in [3.8, 4) is 0 Å². The van der Waals surface area contributed by atoms with Gasteiger partial charge >= 0.3 is 6.03 Å². The first kappa shape index (κ1) is 19.7. The van der Waals surface area contributed by atoms with E-state index in [0.717, 1.165) is 12.8 Å². The maximum Gasteiger partial charge on any atom is 0.326 e. The van der Waals surface area contributed by atoms with E-state index in [1.54, 1.807) is 17.5 Å². The third-order valence-corrected chi connectivity index (χ3v) is 5.12. The second-order valence-electron chi connectivity index (χ2n) is 7.66. The van der Waals surface area contributed by atoms with Crippen LogP contribution in [0.1, 0.15) is 34.3 Å². The van der Waals surface area contributed by atoms with Gasteiger partial charge in [-0.15, -0.1) is 0 Å². The number of benzene rings is 1. The summed E-state index contributed by atoms with van der Waals surface area (Å²) in [7, 11) is 0. The fourth-order valence-corrected chi connectivity index (χ4v) is 3.25. The number of halogens is 1. The first-order chi connectivity index (χ1) is 15.4. The summed E-state index contributed by atoms with van der Waals surface area (Å²) in [5.74, 6) is -0.714. The molecule has 10 nitrogen and oxygen atoms in total. The number of carbonyl (C=O) groups excluding carboxylic acids is 3. The lowest BCUT2D eigenvalue weighted by molar-refractivity contribution is -0.115. The first-order valence-electron chi connectivity index (χ1n) is 9.94. The minimum atomic E-state index is -0.611. The molecule has 1 aliphatic heterocycles. The third kappa shape index (κ3) is 3.75. The maximum absolute atomic E-state index is 13.9. The maximum atomic E-state index is 13.9. The minimum absolute atomic E-state index is 0.0629. The van der Waals surface area contributed by atoms with E-state index in [1.165, 1.54) is 30.5 Å². The average molecular weight is 435 g/mol. The van der Waals surface area contributed by atoms with Crippen LogP contribution in [0.5, 0.6) is 0 Å². The predicted molar refractivity (Wildman–Crippen MR) is 113 cm³/mol. The number of nitrogens with one attached hydrogen (secondary N) is 4. The molecule has 4 amide bonds. The Bertz CT molecular complexity index is 1330. The van der Waals surface area contributed by atoms with Gasteiger partial charge in [-0.05, 0) is 43.5 Å². The monoisotopic (exact) mass is 435 g/mol. The number of anilines is 2. The molecule has 2 aromatic heterocycles. The normalized spacial score (nSPS) is 16.9. The molecule has 1 aromatic carbocycles. The molecular formula is C21H18FN7O3. The van der Waals surface area contributed by atoms with Gasteiger partial charge in [-0.2, -0.15) is 9.61 Å². The van der Waals surface area contributed by atoms with Gasteiger partial charge in [-0.25, -0.2) is 14.2 Å². The smallest absolute Gasteiger partial charge is 0.326 e. The van der Waals surface area contributed by atoms with Crippen molar-refractivity contribution in [2.24, 2.45) is 0 Å². The summed E-state index contributed by atoms with van der Waals surface area (Å²) in [5.41, 5.74) is 1.49. The molecule has 2 fully saturated rings. The number of carbonyl (C=O) groups is 3. The van der Waals surface area contributed by atoms with Crippen molar-refractivity contribution in [2.45, 2.75) is 25.8 Å². The summed E-state index contributed by atoms with van der Waals surface area (Å²) in [5, 5.41) is 14.9. The van der Waals surface area contributed by atoms with Crippen molar-refractivity contribution in [1.29, 1.82) is 0 Å². The van der Waals surface area contributed by atoms with Gasteiger partial charge in [0.15, 0.2) is 5.65 Å². The Labute approximate surface area is 180 Å². The number of hydrogen-bond acceptors (Lipinski definition) is 6. The van der Waals surface area contributed by atoms with Crippen molar-refractivity contribution in [2.75, 3.05) is 10.6 Å². The number of nitrogens with zero attached hydrogens (tertiary/aromatic N) is 3. The molecule has 0 atom stereocenters. The highest BCUT2D eigenvalue weighted by molar-refractivity contribution is 6.14. The van der Waals surface area contributed by atoms with E-state index in [-0.39, 0.29) is 17.1 Å². The van der Waals surface area contributed by atoms with Gasteiger partial charge in [0.1, 0.15) is 23.1 Å². The number of fused-ring (bicyclic) bond motifs is 1. The Hall–Kier alpha value is -4.28. The molecule has 0 radical (unpaired) electrons. The lowest BCUT2D eigenvalue weighted by Crippen LogP contribution is -2.22. The van der Waals surface area contributed by atoms with E-state index >= 15 is 0 Å². The van der Waals surface area contributed by atoms with Gasteiger partial charge in [0.05, 0.1) is 6.20 Å². The number of imide groups is 1. The van der Waals surface area contributed by atoms with Crippen molar-refractivity contribution in [1.82, 2.24) is 25.2 Å². The lowest BCUT2D eigenvalue weighted by atomic mass is 10.1. The average Bonchev–Trinajstić information content (AvgIpc) is 3.38. The van der Waals surface area contributed by atoms with Crippen molar-refractivity contribution < 1.29 is 18.8 Å². The molecule has 3 heterocycles. The second-order valence-corrected chi connectivity index (χ2v) is 7.66. The summed E-state index contributed by atoms with van der Waals surface area (Å²) in [6.07, 6.45) is 4.99. The predicted octanol–water partition coefficient (Wildman–Crippen LogP) is 2.18. The summed E-state index contributed by atoms with van der Waals surface area (Å²) in [6, 6.07) is 5.56. The minimum Gasteiger partial charge on any atom is -0.367 e. The molecule has 1 aliphatic carbocycles. The largest absolute Gasteiger partial charge is 0.367 e. The Morgan fingerprint density at radius 2 is 2.06 bits per heavy atom. The van der Waals surface area contributed by atoms with Crippen molar-refractivity contribution in [3.63, 3.8) is 0 Å². The third-order valence-electron chi connectivity index (χ3n) is 5.12.